The Labute approximate surface area is 155 Å². The van der Waals surface area contributed by atoms with Crippen LogP contribution in [0.2, 0.25) is 0 Å². The second-order valence-corrected chi connectivity index (χ2v) is 6.66. The molecule has 0 radical (unpaired) electrons. The molecule has 1 saturated carbocycles. The summed E-state index contributed by atoms with van der Waals surface area (Å²) < 4.78 is 39.4. The van der Waals surface area contributed by atoms with Gasteiger partial charge in [-0.2, -0.15) is 13.9 Å². The van der Waals surface area contributed by atoms with E-state index >= 15 is 0 Å². The van der Waals surface area contributed by atoms with Crippen LogP contribution >= 0.6 is 12.2 Å². The normalized spacial score (nSPS) is 14.2. The Hall–Kier alpha value is -2.00. The number of hydrogen-bond donors (Lipinski definition) is 0. The Kier molecular flexibility index (Phi) is 5.87. The van der Waals surface area contributed by atoms with Crippen LogP contribution in [0.15, 0.2) is 24.5 Å². The molecule has 1 aliphatic rings. The van der Waals surface area contributed by atoms with Gasteiger partial charge in [-0.15, -0.1) is 0 Å². The molecule has 0 amide bonds. The lowest BCUT2D eigenvalue weighted by molar-refractivity contribution is -0.0514. The molecule has 1 heterocycles. The third-order valence-corrected chi connectivity index (χ3v) is 4.47. The molecule has 0 saturated heterocycles. The van der Waals surface area contributed by atoms with Crippen molar-refractivity contribution in [3.63, 3.8) is 0 Å². The molecule has 0 atom stereocenters. The molecular weight excluding hydrogens is 362 g/mol. The van der Waals surface area contributed by atoms with E-state index in [1.54, 1.807) is 30.1 Å². The highest BCUT2D eigenvalue weighted by molar-refractivity contribution is 7.71. The van der Waals surface area contributed by atoms with Gasteiger partial charge in [0.1, 0.15) is 6.33 Å². The number of aromatic nitrogens is 3. The lowest BCUT2D eigenvalue weighted by atomic mass is 10.2. The molecule has 3 rings (SSSR count). The zero-order valence-electron chi connectivity index (χ0n) is 14.8. The van der Waals surface area contributed by atoms with E-state index in [0.717, 1.165) is 23.2 Å². The molecule has 1 aromatic heterocycles. The van der Waals surface area contributed by atoms with Crippen LogP contribution in [0.25, 0.3) is 0 Å². The standard InChI is InChI=1S/C17H22F2N4O2S/c1-3-24-15-8-12(4-7-14(15)25-16(18)19)9-21(2)11-23-17(26)22(10-20-23)13-5-6-13/h4,7-8,10,13,16H,3,5-6,9,11H2,1-2H3. The number of ether oxygens (including phenoxy) is 2. The number of rotatable bonds is 9. The maximum absolute atomic E-state index is 12.5. The van der Waals surface area contributed by atoms with Crippen LogP contribution in [0.5, 0.6) is 11.5 Å². The molecule has 9 heteroatoms. The van der Waals surface area contributed by atoms with Crippen LogP contribution in [0.1, 0.15) is 31.4 Å². The Morgan fingerprint density at radius 3 is 2.77 bits per heavy atom. The topological polar surface area (TPSA) is 44.5 Å². The van der Waals surface area contributed by atoms with Crippen molar-refractivity contribution in [2.45, 2.75) is 45.6 Å². The Bertz CT molecular complexity index is 804. The van der Waals surface area contributed by atoms with Gasteiger partial charge in [0.15, 0.2) is 16.3 Å². The van der Waals surface area contributed by atoms with Gasteiger partial charge in [0.05, 0.1) is 13.3 Å². The van der Waals surface area contributed by atoms with E-state index in [1.165, 1.54) is 6.07 Å². The van der Waals surface area contributed by atoms with Crippen LogP contribution in [-0.2, 0) is 13.2 Å². The van der Waals surface area contributed by atoms with Crippen LogP contribution in [0.3, 0.4) is 0 Å². The largest absolute Gasteiger partial charge is 0.490 e. The molecule has 0 spiro atoms. The third kappa shape index (κ3) is 4.59. The fourth-order valence-electron chi connectivity index (χ4n) is 2.75. The van der Waals surface area contributed by atoms with E-state index < -0.39 is 6.61 Å². The molecule has 0 aliphatic heterocycles. The number of halogens is 2. The maximum atomic E-state index is 12.5. The van der Waals surface area contributed by atoms with Crippen LogP contribution < -0.4 is 9.47 Å². The van der Waals surface area contributed by atoms with Crippen molar-refractivity contribution in [1.82, 2.24) is 19.2 Å². The first-order valence-electron chi connectivity index (χ1n) is 8.51. The molecule has 6 nitrogen and oxygen atoms in total. The molecule has 0 bridgehead atoms. The van der Waals surface area contributed by atoms with Gasteiger partial charge in [0, 0.05) is 12.6 Å². The first kappa shape index (κ1) is 18.8. The summed E-state index contributed by atoms with van der Waals surface area (Å²) in [4.78, 5) is 2.04. The summed E-state index contributed by atoms with van der Waals surface area (Å²) in [6.45, 7) is 0.409. The predicted octanol–water partition coefficient (Wildman–Crippen LogP) is 3.84. The van der Waals surface area contributed by atoms with Crippen LogP contribution in [0, 0.1) is 4.77 Å². The molecule has 142 valence electrons. The van der Waals surface area contributed by atoms with E-state index in [2.05, 4.69) is 9.84 Å². The van der Waals surface area contributed by atoms with Gasteiger partial charge >= 0.3 is 6.61 Å². The summed E-state index contributed by atoms with van der Waals surface area (Å²) in [6.07, 6.45) is 4.10. The smallest absolute Gasteiger partial charge is 0.387 e. The number of nitrogens with zero attached hydrogens (tertiary/aromatic N) is 4. The Morgan fingerprint density at radius 1 is 1.35 bits per heavy atom. The SMILES string of the molecule is CCOc1cc(CN(C)Cn2ncn(C3CC3)c2=S)ccc1OC(F)F. The second kappa shape index (κ2) is 8.13. The van der Waals surface area contributed by atoms with Gasteiger partial charge in [0.2, 0.25) is 0 Å². The van der Waals surface area contributed by atoms with Gasteiger partial charge in [-0.05, 0) is 56.7 Å². The summed E-state index contributed by atoms with van der Waals surface area (Å²) >= 11 is 5.47. The summed E-state index contributed by atoms with van der Waals surface area (Å²) in [5.74, 6) is 0.354. The minimum Gasteiger partial charge on any atom is -0.490 e. The van der Waals surface area contributed by atoms with Gasteiger partial charge in [-0.1, -0.05) is 6.07 Å². The summed E-state index contributed by atoms with van der Waals surface area (Å²) in [6, 6.07) is 5.48. The van der Waals surface area contributed by atoms with Crippen molar-refractivity contribution >= 4 is 12.2 Å². The first-order chi connectivity index (χ1) is 12.5. The fourth-order valence-corrected chi connectivity index (χ4v) is 3.05. The van der Waals surface area contributed by atoms with E-state index in [4.69, 9.17) is 17.0 Å². The average Bonchev–Trinajstić information content (AvgIpc) is 3.35. The summed E-state index contributed by atoms with van der Waals surface area (Å²) in [5.41, 5.74) is 0.922. The lowest BCUT2D eigenvalue weighted by Gasteiger charge is -2.18. The van der Waals surface area contributed by atoms with Crippen molar-refractivity contribution in [1.29, 1.82) is 0 Å². The van der Waals surface area contributed by atoms with Crippen molar-refractivity contribution in [2.75, 3.05) is 13.7 Å². The molecule has 1 aromatic carbocycles. The second-order valence-electron chi connectivity index (χ2n) is 6.30. The Morgan fingerprint density at radius 2 is 2.12 bits per heavy atom. The van der Waals surface area contributed by atoms with Gasteiger partial charge < -0.3 is 14.0 Å². The minimum atomic E-state index is -2.88. The summed E-state index contributed by atoms with van der Waals surface area (Å²) in [7, 11) is 1.95. The fraction of sp³-hybridized carbons (Fsp3) is 0.529. The number of alkyl halides is 2. The highest BCUT2D eigenvalue weighted by Gasteiger charge is 2.25. The van der Waals surface area contributed by atoms with Gasteiger partial charge in [-0.25, -0.2) is 4.68 Å². The van der Waals surface area contributed by atoms with E-state index in [1.807, 2.05) is 16.5 Å². The third-order valence-electron chi connectivity index (χ3n) is 4.05. The zero-order valence-corrected chi connectivity index (χ0v) is 15.6. The molecule has 0 unspecified atom stereocenters. The highest BCUT2D eigenvalue weighted by atomic mass is 32.1. The van der Waals surface area contributed by atoms with Crippen molar-refractivity contribution < 1.29 is 18.3 Å². The molecular formula is C17H22F2N4O2S. The monoisotopic (exact) mass is 384 g/mol. The first-order valence-corrected chi connectivity index (χ1v) is 8.91. The number of benzene rings is 1. The molecule has 1 aliphatic carbocycles. The zero-order chi connectivity index (χ0) is 18.7. The van der Waals surface area contributed by atoms with E-state index in [-0.39, 0.29) is 5.75 Å². The Balaban J connectivity index is 1.67. The van der Waals surface area contributed by atoms with Crippen molar-refractivity contribution in [3.05, 3.63) is 34.9 Å². The molecule has 26 heavy (non-hydrogen) atoms. The van der Waals surface area contributed by atoms with Crippen LogP contribution in [-0.4, -0.2) is 39.5 Å². The lowest BCUT2D eigenvalue weighted by Crippen LogP contribution is -2.22. The maximum Gasteiger partial charge on any atom is 0.387 e. The van der Waals surface area contributed by atoms with Crippen molar-refractivity contribution in [2.24, 2.45) is 0 Å². The predicted molar refractivity (Wildman–Crippen MR) is 95.0 cm³/mol. The quantitative estimate of drug-likeness (QED) is 0.615. The molecule has 0 N–H and O–H groups in total. The van der Waals surface area contributed by atoms with Gasteiger partial charge in [-0.3, -0.25) is 4.90 Å². The molecule has 2 aromatic rings. The van der Waals surface area contributed by atoms with E-state index in [0.29, 0.717) is 31.6 Å². The van der Waals surface area contributed by atoms with E-state index in [9.17, 15) is 8.78 Å². The molecule has 1 fully saturated rings. The summed E-state index contributed by atoms with van der Waals surface area (Å²) in [5, 5.41) is 4.36. The highest BCUT2D eigenvalue weighted by Crippen LogP contribution is 2.34. The van der Waals surface area contributed by atoms with Gasteiger partial charge in [0.25, 0.3) is 0 Å². The minimum absolute atomic E-state index is 0.0404. The average molecular weight is 384 g/mol. The number of hydrogen-bond acceptors (Lipinski definition) is 5. The van der Waals surface area contributed by atoms with Crippen LogP contribution in [0.4, 0.5) is 8.78 Å². The van der Waals surface area contributed by atoms with Crippen molar-refractivity contribution in [3.8, 4) is 11.5 Å².